The maximum absolute atomic E-state index is 12.0. The van der Waals surface area contributed by atoms with Crippen molar-refractivity contribution in [2.75, 3.05) is 24.3 Å². The smallest absolute Gasteiger partial charge is 0.337 e. The summed E-state index contributed by atoms with van der Waals surface area (Å²) in [5.41, 5.74) is 4.41. The van der Waals surface area contributed by atoms with E-state index >= 15 is 0 Å². The molecule has 0 unspecified atom stereocenters. The molecule has 0 bridgehead atoms. The van der Waals surface area contributed by atoms with Gasteiger partial charge < -0.3 is 15.4 Å². The normalized spacial score (nSPS) is 10.1. The molecule has 0 atom stereocenters. The molecule has 0 aliphatic heterocycles. The van der Waals surface area contributed by atoms with Gasteiger partial charge in [0, 0.05) is 24.3 Å². The van der Waals surface area contributed by atoms with Crippen molar-refractivity contribution in [2.45, 2.75) is 20.3 Å². The van der Waals surface area contributed by atoms with E-state index in [1.807, 2.05) is 32.0 Å². The lowest BCUT2D eigenvalue weighted by atomic mass is 10.1. The van der Waals surface area contributed by atoms with Gasteiger partial charge in [-0.2, -0.15) is 0 Å². The molecule has 5 heteroatoms. The number of carbonyl (C=O) groups excluding carboxylic acids is 2. The van der Waals surface area contributed by atoms with Crippen molar-refractivity contribution in [3.63, 3.8) is 0 Å². The molecule has 0 saturated carbocycles. The van der Waals surface area contributed by atoms with Crippen LogP contribution in [-0.2, 0) is 9.53 Å². The lowest BCUT2D eigenvalue weighted by molar-refractivity contribution is -0.115. The van der Waals surface area contributed by atoms with Crippen LogP contribution in [0.4, 0.5) is 11.4 Å². The highest BCUT2D eigenvalue weighted by molar-refractivity contribution is 5.92. The first-order valence-electron chi connectivity index (χ1n) is 7.79. The molecule has 0 saturated heterocycles. The Morgan fingerprint density at radius 2 is 1.75 bits per heavy atom. The van der Waals surface area contributed by atoms with E-state index in [1.54, 1.807) is 24.3 Å². The molecule has 24 heavy (non-hydrogen) atoms. The van der Waals surface area contributed by atoms with Crippen molar-refractivity contribution in [1.82, 2.24) is 0 Å². The minimum atomic E-state index is -0.366. The third kappa shape index (κ3) is 4.84. The first-order chi connectivity index (χ1) is 11.5. The summed E-state index contributed by atoms with van der Waals surface area (Å²) in [6, 6.07) is 12.9. The molecule has 2 N–H and O–H groups in total. The van der Waals surface area contributed by atoms with E-state index in [-0.39, 0.29) is 11.9 Å². The number of hydrogen-bond donors (Lipinski definition) is 2. The summed E-state index contributed by atoms with van der Waals surface area (Å²) in [5.74, 6) is -0.407. The van der Waals surface area contributed by atoms with E-state index < -0.39 is 0 Å². The summed E-state index contributed by atoms with van der Waals surface area (Å²) < 4.78 is 4.65. The number of aryl methyl sites for hydroxylation is 2. The number of ether oxygens (including phenoxy) is 1. The molecule has 0 fully saturated rings. The van der Waals surface area contributed by atoms with Gasteiger partial charge in [0.1, 0.15) is 0 Å². The van der Waals surface area contributed by atoms with Crippen LogP contribution in [0.15, 0.2) is 42.5 Å². The monoisotopic (exact) mass is 326 g/mol. The van der Waals surface area contributed by atoms with Gasteiger partial charge in [-0.25, -0.2) is 4.79 Å². The number of nitrogens with one attached hydrogen (secondary N) is 2. The number of carbonyl (C=O) groups is 2. The second-order valence-electron chi connectivity index (χ2n) is 5.61. The number of rotatable bonds is 6. The maximum Gasteiger partial charge on any atom is 0.337 e. The second kappa shape index (κ2) is 8.15. The Balaban J connectivity index is 1.81. The molecule has 1 amide bonds. The molecular weight excluding hydrogens is 304 g/mol. The zero-order valence-corrected chi connectivity index (χ0v) is 14.2. The Hall–Kier alpha value is -2.82. The topological polar surface area (TPSA) is 67.4 Å². The van der Waals surface area contributed by atoms with E-state index in [0.717, 1.165) is 16.9 Å². The highest BCUT2D eigenvalue weighted by Gasteiger charge is 2.06. The predicted octanol–water partition coefficient (Wildman–Crippen LogP) is 3.53. The van der Waals surface area contributed by atoms with Crippen molar-refractivity contribution >= 4 is 23.3 Å². The van der Waals surface area contributed by atoms with Gasteiger partial charge in [0.25, 0.3) is 0 Å². The number of methoxy groups -OCH3 is 1. The largest absolute Gasteiger partial charge is 0.465 e. The van der Waals surface area contributed by atoms with Crippen molar-refractivity contribution < 1.29 is 14.3 Å². The first-order valence-corrected chi connectivity index (χ1v) is 7.79. The molecule has 126 valence electrons. The molecular formula is C19H22N2O3. The van der Waals surface area contributed by atoms with Gasteiger partial charge in [-0.3, -0.25) is 4.79 Å². The van der Waals surface area contributed by atoms with Crippen LogP contribution in [0.2, 0.25) is 0 Å². The summed E-state index contributed by atoms with van der Waals surface area (Å²) in [6.07, 6.45) is 0.353. The Morgan fingerprint density at radius 3 is 2.38 bits per heavy atom. The van der Waals surface area contributed by atoms with Crippen molar-refractivity contribution in [3.8, 4) is 0 Å². The van der Waals surface area contributed by atoms with Crippen LogP contribution in [-0.4, -0.2) is 25.5 Å². The van der Waals surface area contributed by atoms with Gasteiger partial charge in [-0.1, -0.05) is 17.7 Å². The fraction of sp³-hybridized carbons (Fsp3) is 0.263. The minimum Gasteiger partial charge on any atom is -0.465 e. The molecule has 5 nitrogen and oxygen atoms in total. The molecule has 0 spiro atoms. The molecule has 2 aromatic rings. The fourth-order valence-corrected chi connectivity index (χ4v) is 2.33. The van der Waals surface area contributed by atoms with Crippen molar-refractivity contribution in [2.24, 2.45) is 0 Å². The van der Waals surface area contributed by atoms with E-state index in [0.29, 0.717) is 18.5 Å². The Labute approximate surface area is 142 Å². The molecule has 2 aromatic carbocycles. The Bertz CT molecular complexity index is 724. The van der Waals surface area contributed by atoms with Gasteiger partial charge >= 0.3 is 5.97 Å². The molecule has 0 aliphatic rings. The van der Waals surface area contributed by atoms with Crippen LogP contribution in [0.3, 0.4) is 0 Å². The molecule has 0 heterocycles. The predicted molar refractivity (Wildman–Crippen MR) is 95.4 cm³/mol. The number of amides is 1. The van der Waals surface area contributed by atoms with Gasteiger partial charge in [-0.15, -0.1) is 0 Å². The summed E-state index contributed by atoms with van der Waals surface area (Å²) >= 11 is 0. The quantitative estimate of drug-likeness (QED) is 0.797. The summed E-state index contributed by atoms with van der Waals surface area (Å²) in [4.78, 5) is 23.4. The molecule has 2 rings (SSSR count). The van der Waals surface area contributed by atoms with Gasteiger partial charge in [-0.05, 0) is 49.7 Å². The van der Waals surface area contributed by atoms with Crippen LogP contribution in [0, 0.1) is 13.8 Å². The average Bonchev–Trinajstić information content (AvgIpc) is 2.57. The number of esters is 1. The molecule has 0 radical (unpaired) electrons. The Morgan fingerprint density at radius 1 is 1.04 bits per heavy atom. The van der Waals surface area contributed by atoms with E-state index in [2.05, 4.69) is 15.4 Å². The fourth-order valence-electron chi connectivity index (χ4n) is 2.33. The lowest BCUT2D eigenvalue weighted by Gasteiger charge is -2.10. The number of benzene rings is 2. The summed E-state index contributed by atoms with van der Waals surface area (Å²) in [5, 5.41) is 6.07. The zero-order valence-electron chi connectivity index (χ0n) is 14.2. The van der Waals surface area contributed by atoms with Crippen LogP contribution < -0.4 is 10.6 Å². The van der Waals surface area contributed by atoms with Gasteiger partial charge in [0.2, 0.25) is 5.91 Å². The lowest BCUT2D eigenvalue weighted by Crippen LogP contribution is -2.16. The second-order valence-corrected chi connectivity index (χ2v) is 5.61. The van der Waals surface area contributed by atoms with E-state index in [1.165, 1.54) is 12.7 Å². The van der Waals surface area contributed by atoms with Crippen molar-refractivity contribution in [1.29, 1.82) is 0 Å². The van der Waals surface area contributed by atoms with Crippen molar-refractivity contribution in [3.05, 3.63) is 59.2 Å². The zero-order chi connectivity index (χ0) is 17.5. The number of hydrogen-bond acceptors (Lipinski definition) is 4. The van der Waals surface area contributed by atoms with Crippen LogP contribution >= 0.6 is 0 Å². The van der Waals surface area contributed by atoms with E-state index in [4.69, 9.17) is 0 Å². The highest BCUT2D eigenvalue weighted by atomic mass is 16.5. The van der Waals surface area contributed by atoms with E-state index in [9.17, 15) is 9.59 Å². The minimum absolute atomic E-state index is 0.0411. The van der Waals surface area contributed by atoms with Gasteiger partial charge in [0.15, 0.2) is 0 Å². The van der Waals surface area contributed by atoms with Crippen LogP contribution in [0.25, 0.3) is 0 Å². The summed E-state index contributed by atoms with van der Waals surface area (Å²) in [6.45, 7) is 4.51. The molecule has 0 aliphatic carbocycles. The van der Waals surface area contributed by atoms with Gasteiger partial charge in [0.05, 0.1) is 12.7 Å². The summed E-state index contributed by atoms with van der Waals surface area (Å²) in [7, 11) is 1.35. The standard InChI is InChI=1S/C19H22N2O3/c1-13-4-9-17(14(2)12-13)21-18(22)10-11-20-16-7-5-15(6-8-16)19(23)24-3/h4-9,12,20H,10-11H2,1-3H3,(H,21,22). The third-order valence-electron chi connectivity index (χ3n) is 3.64. The number of anilines is 2. The SMILES string of the molecule is COC(=O)c1ccc(NCCC(=O)Nc2ccc(C)cc2C)cc1. The average molecular weight is 326 g/mol. The maximum atomic E-state index is 12.0. The third-order valence-corrected chi connectivity index (χ3v) is 3.64. The first kappa shape index (κ1) is 17.5. The van der Waals surface area contributed by atoms with Crippen LogP contribution in [0.5, 0.6) is 0 Å². The Kier molecular flexibility index (Phi) is 5.95. The molecule has 0 aromatic heterocycles. The van der Waals surface area contributed by atoms with Crippen LogP contribution in [0.1, 0.15) is 27.9 Å². The highest BCUT2D eigenvalue weighted by Crippen LogP contribution is 2.16.